The van der Waals surface area contributed by atoms with Crippen LogP contribution in [-0.4, -0.2) is 6.04 Å². The third-order valence-electron chi connectivity index (χ3n) is 3.58. The van der Waals surface area contributed by atoms with Crippen LogP contribution in [0.4, 0.5) is 0 Å². The molecule has 0 aliphatic heterocycles. The van der Waals surface area contributed by atoms with E-state index in [0.29, 0.717) is 12.0 Å². The Balaban J connectivity index is 2.44. The molecule has 2 unspecified atom stereocenters. The highest BCUT2D eigenvalue weighted by molar-refractivity contribution is 5.20. The third-order valence-corrected chi connectivity index (χ3v) is 3.58. The summed E-state index contributed by atoms with van der Waals surface area (Å²) in [5.74, 6) is 0.526. The van der Waals surface area contributed by atoms with Crippen LogP contribution < -0.4 is 5.73 Å². The number of nitrogens with two attached hydrogens (primary N) is 1. The average molecular weight is 233 g/mol. The number of hydrogen-bond acceptors (Lipinski definition) is 1. The van der Waals surface area contributed by atoms with Crippen molar-refractivity contribution < 1.29 is 0 Å². The molecule has 0 saturated heterocycles. The molecule has 0 amide bonds. The van der Waals surface area contributed by atoms with Crippen LogP contribution in [0, 0.1) is 0 Å². The fraction of sp³-hybridized carbons (Fsp3) is 0.625. The van der Waals surface area contributed by atoms with Crippen molar-refractivity contribution >= 4 is 0 Å². The first kappa shape index (κ1) is 14.2. The zero-order chi connectivity index (χ0) is 12.5. The van der Waals surface area contributed by atoms with Crippen molar-refractivity contribution in [2.24, 2.45) is 5.73 Å². The highest BCUT2D eigenvalue weighted by Gasteiger charge is 2.17. The molecule has 1 nitrogen and oxygen atoms in total. The summed E-state index contributed by atoms with van der Waals surface area (Å²) in [7, 11) is 0. The van der Waals surface area contributed by atoms with Gasteiger partial charge in [0.15, 0.2) is 0 Å². The molecule has 0 aliphatic rings. The van der Waals surface area contributed by atoms with Gasteiger partial charge < -0.3 is 5.73 Å². The second-order valence-corrected chi connectivity index (χ2v) is 4.94. The minimum absolute atomic E-state index is 0.319. The summed E-state index contributed by atoms with van der Waals surface area (Å²) in [5.41, 5.74) is 7.74. The Labute approximate surface area is 106 Å². The van der Waals surface area contributed by atoms with Gasteiger partial charge in [-0.25, -0.2) is 0 Å². The van der Waals surface area contributed by atoms with Crippen molar-refractivity contribution in [1.82, 2.24) is 0 Å². The predicted octanol–water partition coefficient (Wildman–Crippen LogP) is 4.48. The second kappa shape index (κ2) is 8.30. The van der Waals surface area contributed by atoms with Crippen LogP contribution in [0.5, 0.6) is 0 Å². The van der Waals surface area contributed by atoms with E-state index in [9.17, 15) is 0 Å². The van der Waals surface area contributed by atoms with E-state index in [1.54, 1.807) is 0 Å². The standard InChI is InChI=1S/C16H27N/c1-3-5-6-10-13-16(17)15(4-2)14-11-8-7-9-12-14/h7-9,11-12,15-16H,3-6,10,13,17H2,1-2H3. The Kier molecular flexibility index (Phi) is 6.95. The van der Waals surface area contributed by atoms with Crippen LogP contribution >= 0.6 is 0 Å². The lowest BCUT2D eigenvalue weighted by Gasteiger charge is -2.23. The van der Waals surface area contributed by atoms with Gasteiger partial charge in [-0.15, -0.1) is 0 Å². The summed E-state index contributed by atoms with van der Waals surface area (Å²) in [4.78, 5) is 0. The summed E-state index contributed by atoms with van der Waals surface area (Å²) in [5, 5.41) is 0. The van der Waals surface area contributed by atoms with Gasteiger partial charge in [-0.2, -0.15) is 0 Å². The summed E-state index contributed by atoms with van der Waals surface area (Å²) < 4.78 is 0. The smallest absolute Gasteiger partial charge is 0.0108 e. The molecular formula is C16H27N. The van der Waals surface area contributed by atoms with E-state index in [1.165, 1.54) is 31.2 Å². The van der Waals surface area contributed by atoms with E-state index < -0.39 is 0 Å². The van der Waals surface area contributed by atoms with Crippen molar-refractivity contribution in [3.63, 3.8) is 0 Å². The molecule has 1 heteroatoms. The van der Waals surface area contributed by atoms with Gasteiger partial charge in [-0.1, -0.05) is 69.9 Å². The molecule has 0 radical (unpaired) electrons. The van der Waals surface area contributed by atoms with Crippen LogP contribution in [0.3, 0.4) is 0 Å². The first-order valence-corrected chi connectivity index (χ1v) is 7.10. The van der Waals surface area contributed by atoms with Crippen molar-refractivity contribution in [3.05, 3.63) is 35.9 Å². The van der Waals surface area contributed by atoms with E-state index in [1.807, 2.05) is 0 Å². The first-order chi connectivity index (χ1) is 8.29. The molecule has 0 spiro atoms. The maximum absolute atomic E-state index is 6.34. The van der Waals surface area contributed by atoms with Crippen molar-refractivity contribution in [3.8, 4) is 0 Å². The van der Waals surface area contributed by atoms with Crippen LogP contribution in [-0.2, 0) is 0 Å². The minimum Gasteiger partial charge on any atom is -0.327 e. The average Bonchev–Trinajstić information content (AvgIpc) is 2.37. The van der Waals surface area contributed by atoms with Crippen molar-refractivity contribution in [2.75, 3.05) is 0 Å². The van der Waals surface area contributed by atoms with Crippen LogP contribution in [0.2, 0.25) is 0 Å². The van der Waals surface area contributed by atoms with E-state index in [4.69, 9.17) is 5.73 Å². The Hall–Kier alpha value is -0.820. The van der Waals surface area contributed by atoms with Gasteiger partial charge in [0.05, 0.1) is 0 Å². The molecule has 1 rings (SSSR count). The minimum atomic E-state index is 0.319. The molecule has 0 aliphatic carbocycles. The maximum atomic E-state index is 6.34. The number of unbranched alkanes of at least 4 members (excludes halogenated alkanes) is 3. The fourth-order valence-electron chi connectivity index (χ4n) is 2.49. The number of hydrogen-bond donors (Lipinski definition) is 1. The van der Waals surface area contributed by atoms with Gasteiger partial charge in [0.2, 0.25) is 0 Å². The quantitative estimate of drug-likeness (QED) is 0.658. The Morgan fingerprint density at radius 3 is 2.29 bits per heavy atom. The monoisotopic (exact) mass is 233 g/mol. The molecule has 0 bridgehead atoms. The van der Waals surface area contributed by atoms with Crippen LogP contribution in [0.1, 0.15) is 63.9 Å². The molecular weight excluding hydrogens is 206 g/mol. The maximum Gasteiger partial charge on any atom is 0.0108 e. The van der Waals surface area contributed by atoms with Gasteiger partial charge in [-0.3, -0.25) is 0 Å². The molecule has 17 heavy (non-hydrogen) atoms. The zero-order valence-electron chi connectivity index (χ0n) is 11.4. The Bertz CT molecular complexity index is 281. The Morgan fingerprint density at radius 2 is 1.71 bits per heavy atom. The van der Waals surface area contributed by atoms with Gasteiger partial charge in [-0.05, 0) is 24.3 Å². The molecule has 2 atom stereocenters. The lowest BCUT2D eigenvalue weighted by Crippen LogP contribution is -2.28. The molecule has 96 valence electrons. The van der Waals surface area contributed by atoms with Gasteiger partial charge in [0.1, 0.15) is 0 Å². The van der Waals surface area contributed by atoms with Crippen molar-refractivity contribution in [2.45, 2.75) is 64.3 Å². The molecule has 0 saturated carbocycles. The summed E-state index contributed by atoms with van der Waals surface area (Å²) in [6, 6.07) is 11.0. The van der Waals surface area contributed by atoms with Crippen LogP contribution in [0.25, 0.3) is 0 Å². The van der Waals surface area contributed by atoms with Gasteiger partial charge >= 0.3 is 0 Å². The summed E-state index contributed by atoms with van der Waals surface area (Å²) in [6.07, 6.45) is 7.54. The van der Waals surface area contributed by atoms with Crippen molar-refractivity contribution in [1.29, 1.82) is 0 Å². The molecule has 0 aromatic heterocycles. The molecule has 1 aromatic rings. The zero-order valence-corrected chi connectivity index (χ0v) is 11.4. The first-order valence-electron chi connectivity index (χ1n) is 7.10. The Morgan fingerprint density at radius 1 is 1.00 bits per heavy atom. The topological polar surface area (TPSA) is 26.0 Å². The third kappa shape index (κ3) is 4.91. The molecule has 0 fully saturated rings. The normalized spacial score (nSPS) is 14.5. The lowest BCUT2D eigenvalue weighted by molar-refractivity contribution is 0.462. The van der Waals surface area contributed by atoms with E-state index in [0.717, 1.165) is 12.8 Å². The van der Waals surface area contributed by atoms with E-state index in [-0.39, 0.29) is 0 Å². The largest absolute Gasteiger partial charge is 0.327 e. The molecule has 2 N–H and O–H groups in total. The number of benzene rings is 1. The summed E-state index contributed by atoms with van der Waals surface area (Å²) >= 11 is 0. The highest BCUT2D eigenvalue weighted by atomic mass is 14.6. The second-order valence-electron chi connectivity index (χ2n) is 4.94. The van der Waals surface area contributed by atoms with Crippen LogP contribution in [0.15, 0.2) is 30.3 Å². The fourth-order valence-corrected chi connectivity index (χ4v) is 2.49. The predicted molar refractivity (Wildman–Crippen MR) is 76.2 cm³/mol. The number of rotatable bonds is 8. The van der Waals surface area contributed by atoms with Gasteiger partial charge in [0, 0.05) is 6.04 Å². The SMILES string of the molecule is CCCCCCC(N)C(CC)c1ccccc1. The summed E-state index contributed by atoms with van der Waals surface area (Å²) in [6.45, 7) is 4.49. The molecule has 1 aromatic carbocycles. The van der Waals surface area contributed by atoms with E-state index >= 15 is 0 Å². The molecule has 0 heterocycles. The van der Waals surface area contributed by atoms with Gasteiger partial charge in [0.25, 0.3) is 0 Å². The highest BCUT2D eigenvalue weighted by Crippen LogP contribution is 2.24. The lowest BCUT2D eigenvalue weighted by atomic mass is 9.87. The van der Waals surface area contributed by atoms with E-state index in [2.05, 4.69) is 44.2 Å².